The molecule has 0 aromatic carbocycles. The van der Waals surface area contributed by atoms with Crippen molar-refractivity contribution in [2.45, 2.75) is 57.5 Å². The summed E-state index contributed by atoms with van der Waals surface area (Å²) in [7, 11) is 0. The minimum absolute atomic E-state index is 0.0272. The van der Waals surface area contributed by atoms with Crippen molar-refractivity contribution in [2.24, 2.45) is 17.6 Å². The van der Waals surface area contributed by atoms with Gasteiger partial charge < -0.3 is 15.8 Å². The maximum absolute atomic E-state index is 12.3. The van der Waals surface area contributed by atoms with Crippen LogP contribution < -0.4 is 11.1 Å². The van der Waals surface area contributed by atoms with Gasteiger partial charge in [-0.15, -0.1) is 0 Å². The first-order valence-electron chi connectivity index (χ1n) is 7.24. The van der Waals surface area contributed by atoms with E-state index in [-0.39, 0.29) is 5.91 Å². The van der Waals surface area contributed by atoms with Crippen LogP contribution in [0.4, 0.5) is 0 Å². The number of nitrogens with one attached hydrogen (secondary N) is 1. The Kier molecular flexibility index (Phi) is 4.28. The lowest BCUT2D eigenvalue weighted by atomic mass is 9.89. The molecule has 4 heteroatoms. The Labute approximate surface area is 110 Å². The van der Waals surface area contributed by atoms with Gasteiger partial charge in [0.25, 0.3) is 0 Å². The fraction of sp³-hybridized carbons (Fsp3) is 0.929. The van der Waals surface area contributed by atoms with E-state index in [1.807, 2.05) is 0 Å². The Morgan fingerprint density at radius 1 is 1.39 bits per heavy atom. The van der Waals surface area contributed by atoms with Crippen LogP contribution in [0.5, 0.6) is 0 Å². The van der Waals surface area contributed by atoms with Gasteiger partial charge >= 0.3 is 0 Å². The highest BCUT2D eigenvalue weighted by molar-refractivity contribution is 5.86. The van der Waals surface area contributed by atoms with Crippen LogP contribution in [-0.4, -0.2) is 30.7 Å². The summed E-state index contributed by atoms with van der Waals surface area (Å²) in [5, 5.41) is 3.18. The zero-order chi connectivity index (χ0) is 13.2. The zero-order valence-corrected chi connectivity index (χ0v) is 11.6. The number of amides is 1. The summed E-state index contributed by atoms with van der Waals surface area (Å²) in [6, 6.07) is 0.311. The Hall–Kier alpha value is -0.610. The van der Waals surface area contributed by atoms with Crippen LogP contribution in [0.3, 0.4) is 0 Å². The van der Waals surface area contributed by atoms with E-state index in [1.54, 1.807) is 0 Å². The summed E-state index contributed by atoms with van der Waals surface area (Å²) >= 11 is 0. The molecular weight excluding hydrogens is 228 g/mol. The predicted molar refractivity (Wildman–Crippen MR) is 71.1 cm³/mol. The summed E-state index contributed by atoms with van der Waals surface area (Å²) < 4.78 is 5.28. The molecule has 0 bridgehead atoms. The van der Waals surface area contributed by atoms with Gasteiger partial charge in [0.15, 0.2) is 0 Å². The number of nitrogens with two attached hydrogens (primary N) is 1. The van der Waals surface area contributed by atoms with Crippen LogP contribution >= 0.6 is 0 Å². The molecule has 3 unspecified atom stereocenters. The summed E-state index contributed by atoms with van der Waals surface area (Å²) in [6.07, 6.45) is 4.80. The highest BCUT2D eigenvalue weighted by Gasteiger charge is 2.39. The van der Waals surface area contributed by atoms with E-state index in [4.69, 9.17) is 10.5 Å². The highest BCUT2D eigenvalue weighted by Crippen LogP contribution is 2.34. The van der Waals surface area contributed by atoms with Gasteiger partial charge in [-0.3, -0.25) is 4.79 Å². The largest absolute Gasteiger partial charge is 0.381 e. The van der Waals surface area contributed by atoms with Crippen LogP contribution in [0.25, 0.3) is 0 Å². The van der Waals surface area contributed by atoms with E-state index in [1.165, 1.54) is 12.8 Å². The molecule has 3 N–H and O–H groups in total. The molecule has 2 aliphatic rings. The third-order valence-corrected chi connectivity index (χ3v) is 4.90. The van der Waals surface area contributed by atoms with Gasteiger partial charge in [0.1, 0.15) is 0 Å². The van der Waals surface area contributed by atoms with Crippen molar-refractivity contribution in [1.82, 2.24) is 5.32 Å². The number of carbonyl (C=O) groups is 1. The lowest BCUT2D eigenvalue weighted by Gasteiger charge is -2.33. The molecule has 4 nitrogen and oxygen atoms in total. The van der Waals surface area contributed by atoms with Crippen molar-refractivity contribution in [3.8, 4) is 0 Å². The standard InChI is InChI=1S/C14H26N2O2/c1-3-11-4-5-12(10(11)2)16-13(17)14(15)6-8-18-9-7-14/h10-12H,3-9,15H2,1-2H3,(H,16,17). The van der Waals surface area contributed by atoms with Crippen molar-refractivity contribution in [1.29, 1.82) is 0 Å². The van der Waals surface area contributed by atoms with Crippen molar-refractivity contribution in [3.05, 3.63) is 0 Å². The van der Waals surface area contributed by atoms with Gasteiger partial charge in [0.05, 0.1) is 5.54 Å². The monoisotopic (exact) mass is 254 g/mol. The Morgan fingerprint density at radius 2 is 2.06 bits per heavy atom. The number of hydrogen-bond acceptors (Lipinski definition) is 3. The average molecular weight is 254 g/mol. The van der Waals surface area contributed by atoms with Crippen molar-refractivity contribution < 1.29 is 9.53 Å². The van der Waals surface area contributed by atoms with Gasteiger partial charge in [-0.1, -0.05) is 20.3 Å². The Balaban J connectivity index is 1.91. The molecule has 1 aliphatic carbocycles. The van der Waals surface area contributed by atoms with E-state index >= 15 is 0 Å². The van der Waals surface area contributed by atoms with Crippen LogP contribution in [0, 0.1) is 11.8 Å². The second-order valence-electron chi connectivity index (χ2n) is 5.95. The smallest absolute Gasteiger partial charge is 0.240 e. The van der Waals surface area contributed by atoms with Gasteiger partial charge in [0, 0.05) is 19.3 Å². The number of ether oxygens (including phenoxy) is 1. The molecule has 18 heavy (non-hydrogen) atoms. The van der Waals surface area contributed by atoms with Gasteiger partial charge in [0.2, 0.25) is 5.91 Å². The molecule has 0 aromatic rings. The third kappa shape index (κ3) is 2.69. The predicted octanol–water partition coefficient (Wildman–Crippen LogP) is 1.44. The second kappa shape index (κ2) is 5.57. The quantitative estimate of drug-likeness (QED) is 0.801. The molecule has 104 valence electrons. The van der Waals surface area contributed by atoms with E-state index in [0.29, 0.717) is 38.0 Å². The van der Waals surface area contributed by atoms with Crippen molar-refractivity contribution in [3.63, 3.8) is 0 Å². The van der Waals surface area contributed by atoms with Crippen LogP contribution in [0.1, 0.15) is 46.0 Å². The summed E-state index contributed by atoms with van der Waals surface area (Å²) in [4.78, 5) is 12.3. The molecule has 1 amide bonds. The molecule has 3 atom stereocenters. The topological polar surface area (TPSA) is 64.4 Å². The molecule has 0 radical (unpaired) electrons. The zero-order valence-electron chi connectivity index (χ0n) is 11.6. The maximum atomic E-state index is 12.3. The molecule has 1 saturated heterocycles. The Morgan fingerprint density at radius 3 is 2.61 bits per heavy atom. The highest BCUT2D eigenvalue weighted by atomic mass is 16.5. The Bertz CT molecular complexity index is 300. The first-order chi connectivity index (χ1) is 8.57. The third-order valence-electron chi connectivity index (χ3n) is 4.90. The molecule has 2 rings (SSSR count). The summed E-state index contributed by atoms with van der Waals surface area (Å²) in [5.41, 5.74) is 5.50. The average Bonchev–Trinajstić information content (AvgIpc) is 2.71. The minimum Gasteiger partial charge on any atom is -0.381 e. The summed E-state index contributed by atoms with van der Waals surface area (Å²) in [5.74, 6) is 1.35. The minimum atomic E-state index is -0.706. The van der Waals surface area contributed by atoms with Crippen LogP contribution in [0.15, 0.2) is 0 Å². The molecular formula is C14H26N2O2. The molecule has 1 saturated carbocycles. The van der Waals surface area contributed by atoms with Crippen LogP contribution in [0.2, 0.25) is 0 Å². The first-order valence-corrected chi connectivity index (χ1v) is 7.24. The SMILES string of the molecule is CCC1CCC(NC(=O)C2(N)CCOCC2)C1C. The number of rotatable bonds is 3. The van der Waals surface area contributed by atoms with Crippen molar-refractivity contribution in [2.75, 3.05) is 13.2 Å². The second-order valence-corrected chi connectivity index (χ2v) is 5.95. The fourth-order valence-electron chi connectivity index (χ4n) is 3.30. The van der Waals surface area contributed by atoms with E-state index in [2.05, 4.69) is 19.2 Å². The fourth-order valence-corrected chi connectivity index (χ4v) is 3.30. The summed E-state index contributed by atoms with van der Waals surface area (Å²) in [6.45, 7) is 5.68. The van der Waals surface area contributed by atoms with Gasteiger partial charge in [-0.05, 0) is 37.5 Å². The molecule has 0 spiro atoms. The molecule has 0 aromatic heterocycles. The number of hydrogen-bond donors (Lipinski definition) is 2. The van der Waals surface area contributed by atoms with Crippen molar-refractivity contribution >= 4 is 5.91 Å². The van der Waals surface area contributed by atoms with Crippen LogP contribution in [-0.2, 0) is 9.53 Å². The lowest BCUT2D eigenvalue weighted by Crippen LogP contribution is -2.59. The van der Waals surface area contributed by atoms with Gasteiger partial charge in [-0.25, -0.2) is 0 Å². The van der Waals surface area contributed by atoms with E-state index < -0.39 is 5.54 Å². The first kappa shape index (κ1) is 13.8. The maximum Gasteiger partial charge on any atom is 0.240 e. The molecule has 2 fully saturated rings. The van der Waals surface area contributed by atoms with Gasteiger partial charge in [-0.2, -0.15) is 0 Å². The van der Waals surface area contributed by atoms with E-state index in [0.717, 1.165) is 12.3 Å². The van der Waals surface area contributed by atoms with E-state index in [9.17, 15) is 4.79 Å². The molecule has 1 heterocycles. The number of carbonyl (C=O) groups excluding carboxylic acids is 1. The normalized spacial score (nSPS) is 35.4. The molecule has 1 aliphatic heterocycles. The lowest BCUT2D eigenvalue weighted by molar-refractivity contribution is -0.130.